The fourth-order valence-electron chi connectivity index (χ4n) is 3.49. The minimum Gasteiger partial charge on any atom is -0.459 e. The zero-order valence-electron chi connectivity index (χ0n) is 18.6. The normalized spacial score (nSPS) is 11.1. The molecule has 0 saturated carbocycles. The Morgan fingerprint density at radius 2 is 1.79 bits per heavy atom. The van der Waals surface area contributed by atoms with E-state index in [1.54, 1.807) is 43.3 Å². The fourth-order valence-corrected chi connectivity index (χ4v) is 3.49. The maximum Gasteiger partial charge on any atom is 0.269 e. The number of nitrogens with zero attached hydrogens (tertiary/aromatic N) is 1. The largest absolute Gasteiger partial charge is 0.459 e. The third-order valence-electron chi connectivity index (χ3n) is 5.31. The molecule has 8 heteroatoms. The summed E-state index contributed by atoms with van der Waals surface area (Å²) in [7, 11) is 0. The molecule has 0 aliphatic rings. The minimum atomic E-state index is -0.440. The van der Waals surface area contributed by atoms with E-state index >= 15 is 0 Å². The van der Waals surface area contributed by atoms with Crippen molar-refractivity contribution in [3.63, 3.8) is 0 Å². The Morgan fingerprint density at radius 1 is 1.00 bits per heavy atom. The van der Waals surface area contributed by atoms with Gasteiger partial charge in [-0.05, 0) is 67.4 Å². The molecule has 4 rings (SSSR count). The first kappa shape index (κ1) is 22.8. The quantitative estimate of drug-likeness (QED) is 0.203. The van der Waals surface area contributed by atoms with E-state index in [1.807, 2.05) is 25.1 Å². The highest BCUT2D eigenvalue weighted by Gasteiger charge is 2.12. The standard InChI is InChI=1S/C26H22N2O6/c1-16-3-4-18(24-10-7-21(15-29)34-24)14-23(16)27-26(30)12-8-20-6-11-25(33-20)22-9-5-19(28(31)32)13-17(22)2/h3-14,29H,15H2,1-2H3,(H,27,30)/b12-8+. The number of anilines is 1. The summed E-state index contributed by atoms with van der Waals surface area (Å²) in [5.41, 5.74) is 3.77. The van der Waals surface area contributed by atoms with Crippen LogP contribution in [0.4, 0.5) is 11.4 Å². The predicted octanol–water partition coefficient (Wildman–Crippen LogP) is 5.88. The number of nitro groups is 1. The number of amides is 1. The number of carbonyl (C=O) groups is 1. The van der Waals surface area contributed by atoms with Gasteiger partial charge >= 0.3 is 0 Å². The van der Waals surface area contributed by atoms with Crippen molar-refractivity contribution in [2.24, 2.45) is 0 Å². The molecular formula is C26H22N2O6. The van der Waals surface area contributed by atoms with Crippen molar-refractivity contribution in [2.45, 2.75) is 20.5 Å². The first-order valence-electron chi connectivity index (χ1n) is 10.5. The molecule has 2 N–H and O–H groups in total. The lowest BCUT2D eigenvalue weighted by Crippen LogP contribution is -2.09. The van der Waals surface area contributed by atoms with Crippen LogP contribution in [-0.4, -0.2) is 15.9 Å². The highest BCUT2D eigenvalue weighted by atomic mass is 16.6. The number of carbonyl (C=O) groups excluding carboxylic acids is 1. The van der Waals surface area contributed by atoms with Gasteiger partial charge in [-0.3, -0.25) is 14.9 Å². The van der Waals surface area contributed by atoms with Crippen LogP contribution < -0.4 is 5.32 Å². The van der Waals surface area contributed by atoms with Gasteiger partial charge in [-0.2, -0.15) is 0 Å². The monoisotopic (exact) mass is 458 g/mol. The highest BCUT2D eigenvalue weighted by Crippen LogP contribution is 2.29. The van der Waals surface area contributed by atoms with E-state index < -0.39 is 4.92 Å². The molecule has 2 heterocycles. The van der Waals surface area contributed by atoms with Crippen LogP contribution in [0.2, 0.25) is 0 Å². The fraction of sp³-hybridized carbons (Fsp3) is 0.115. The van der Waals surface area contributed by atoms with Crippen molar-refractivity contribution in [3.05, 3.63) is 99.5 Å². The van der Waals surface area contributed by atoms with Crippen molar-refractivity contribution in [1.29, 1.82) is 0 Å². The Bertz CT molecular complexity index is 1400. The van der Waals surface area contributed by atoms with Gasteiger partial charge in [-0.15, -0.1) is 0 Å². The Labute approximate surface area is 195 Å². The topological polar surface area (TPSA) is 119 Å². The van der Waals surface area contributed by atoms with Crippen molar-refractivity contribution in [2.75, 3.05) is 5.32 Å². The van der Waals surface area contributed by atoms with Crippen LogP contribution in [0.3, 0.4) is 0 Å². The van der Waals surface area contributed by atoms with Crippen LogP contribution in [0.5, 0.6) is 0 Å². The SMILES string of the molecule is Cc1ccc(-c2ccc(CO)o2)cc1NC(=O)/C=C/c1ccc(-c2ccc([N+](=O)[O-])cc2C)o1. The molecule has 0 aliphatic heterocycles. The van der Waals surface area contributed by atoms with Gasteiger partial charge < -0.3 is 19.3 Å². The van der Waals surface area contributed by atoms with Gasteiger partial charge in [0.25, 0.3) is 5.69 Å². The maximum atomic E-state index is 12.5. The van der Waals surface area contributed by atoms with Gasteiger partial charge in [-0.1, -0.05) is 12.1 Å². The second kappa shape index (κ2) is 9.60. The molecule has 4 aromatic rings. The molecule has 34 heavy (non-hydrogen) atoms. The smallest absolute Gasteiger partial charge is 0.269 e. The molecule has 0 spiro atoms. The number of hydrogen-bond donors (Lipinski definition) is 2. The molecule has 1 amide bonds. The van der Waals surface area contributed by atoms with E-state index in [-0.39, 0.29) is 18.2 Å². The van der Waals surface area contributed by atoms with Gasteiger partial charge in [0, 0.05) is 35.0 Å². The number of nitro benzene ring substituents is 1. The summed E-state index contributed by atoms with van der Waals surface area (Å²) in [6.07, 6.45) is 2.92. The van der Waals surface area contributed by atoms with E-state index in [9.17, 15) is 20.0 Å². The minimum absolute atomic E-state index is 0.0184. The number of non-ortho nitro benzene ring substituents is 1. The van der Waals surface area contributed by atoms with Crippen LogP contribution in [-0.2, 0) is 11.4 Å². The molecule has 172 valence electrons. The van der Waals surface area contributed by atoms with Crippen LogP contribution in [0.1, 0.15) is 22.6 Å². The number of furan rings is 2. The molecule has 0 aliphatic carbocycles. The summed E-state index contributed by atoms with van der Waals surface area (Å²) in [6, 6.07) is 17.1. The Balaban J connectivity index is 1.46. The molecule has 0 bridgehead atoms. The van der Waals surface area contributed by atoms with Crippen molar-refractivity contribution in [1.82, 2.24) is 0 Å². The van der Waals surface area contributed by atoms with Crippen LogP contribution in [0, 0.1) is 24.0 Å². The van der Waals surface area contributed by atoms with Gasteiger partial charge in [-0.25, -0.2) is 0 Å². The third kappa shape index (κ3) is 4.97. The summed E-state index contributed by atoms with van der Waals surface area (Å²) >= 11 is 0. The van der Waals surface area contributed by atoms with Crippen molar-refractivity contribution < 1.29 is 23.7 Å². The molecule has 0 saturated heterocycles. The molecule has 0 atom stereocenters. The average Bonchev–Trinajstić information content (AvgIpc) is 3.49. The van der Waals surface area contributed by atoms with E-state index in [4.69, 9.17) is 8.83 Å². The Morgan fingerprint density at radius 3 is 2.50 bits per heavy atom. The second-order valence-electron chi connectivity index (χ2n) is 7.73. The number of aliphatic hydroxyl groups excluding tert-OH is 1. The first-order valence-corrected chi connectivity index (χ1v) is 10.5. The van der Waals surface area contributed by atoms with Gasteiger partial charge in [0.2, 0.25) is 5.91 Å². The summed E-state index contributed by atoms with van der Waals surface area (Å²) in [6.45, 7) is 3.48. The Kier molecular flexibility index (Phi) is 6.42. The highest BCUT2D eigenvalue weighted by molar-refractivity contribution is 6.02. The molecule has 0 unspecified atom stereocenters. The van der Waals surface area contributed by atoms with Gasteiger partial charge in [0.1, 0.15) is 29.6 Å². The number of aliphatic hydroxyl groups is 1. The van der Waals surface area contributed by atoms with E-state index in [0.717, 1.165) is 22.3 Å². The summed E-state index contributed by atoms with van der Waals surface area (Å²) < 4.78 is 11.4. The van der Waals surface area contributed by atoms with Gasteiger partial charge in [0.05, 0.1) is 4.92 Å². The van der Waals surface area contributed by atoms with Crippen LogP contribution >= 0.6 is 0 Å². The van der Waals surface area contributed by atoms with Crippen LogP contribution in [0.15, 0.2) is 75.6 Å². The van der Waals surface area contributed by atoms with Crippen LogP contribution in [0.25, 0.3) is 28.7 Å². The molecule has 2 aromatic carbocycles. The molecular weight excluding hydrogens is 436 g/mol. The maximum absolute atomic E-state index is 12.5. The summed E-state index contributed by atoms with van der Waals surface area (Å²) in [5.74, 6) is 1.75. The second-order valence-corrected chi connectivity index (χ2v) is 7.73. The number of aryl methyl sites for hydroxylation is 2. The lowest BCUT2D eigenvalue weighted by atomic mass is 10.1. The van der Waals surface area contributed by atoms with Crippen molar-refractivity contribution in [3.8, 4) is 22.6 Å². The summed E-state index contributed by atoms with van der Waals surface area (Å²) in [4.78, 5) is 23.0. The zero-order valence-corrected chi connectivity index (χ0v) is 18.6. The summed E-state index contributed by atoms with van der Waals surface area (Å²) in [5, 5.41) is 23.0. The lowest BCUT2D eigenvalue weighted by Gasteiger charge is -2.08. The first-order chi connectivity index (χ1) is 16.3. The molecule has 2 aromatic heterocycles. The molecule has 0 radical (unpaired) electrons. The lowest BCUT2D eigenvalue weighted by molar-refractivity contribution is -0.384. The van der Waals surface area contributed by atoms with E-state index in [0.29, 0.717) is 28.7 Å². The van der Waals surface area contributed by atoms with E-state index in [1.165, 1.54) is 18.2 Å². The third-order valence-corrected chi connectivity index (χ3v) is 5.31. The Hall–Kier alpha value is -4.43. The molecule has 8 nitrogen and oxygen atoms in total. The van der Waals surface area contributed by atoms with Crippen molar-refractivity contribution >= 4 is 23.4 Å². The molecule has 0 fully saturated rings. The predicted molar refractivity (Wildman–Crippen MR) is 128 cm³/mol. The number of benzene rings is 2. The number of nitrogens with one attached hydrogen (secondary N) is 1. The zero-order chi connectivity index (χ0) is 24.2. The average molecular weight is 458 g/mol. The van der Waals surface area contributed by atoms with E-state index in [2.05, 4.69) is 5.32 Å². The number of rotatable bonds is 7. The van der Waals surface area contributed by atoms with Gasteiger partial charge in [0.15, 0.2) is 0 Å². The number of hydrogen-bond acceptors (Lipinski definition) is 6.